The number of anilines is 2. The van der Waals surface area contributed by atoms with Gasteiger partial charge in [-0.25, -0.2) is 0 Å². The molecule has 0 amide bonds. The molecular formula is C39H26BNO. The lowest BCUT2D eigenvalue weighted by Gasteiger charge is -2.40. The molecule has 0 spiro atoms. The lowest BCUT2D eigenvalue weighted by atomic mass is 9.33. The highest BCUT2D eigenvalue weighted by Crippen LogP contribution is 2.45. The summed E-state index contributed by atoms with van der Waals surface area (Å²) in [5.74, 6) is 1.89. The molecule has 3 heteroatoms. The van der Waals surface area contributed by atoms with Crippen LogP contribution in [-0.4, -0.2) is 13.8 Å². The lowest BCUT2D eigenvalue weighted by molar-refractivity contribution is 0.490. The number of rotatable bonds is 2. The molecule has 0 aliphatic carbocycles. The molecule has 0 saturated carbocycles. The highest BCUT2D eigenvalue weighted by Gasteiger charge is 2.43. The van der Waals surface area contributed by atoms with Crippen LogP contribution in [0.2, 0.25) is 0 Å². The van der Waals surface area contributed by atoms with Gasteiger partial charge in [-0.3, -0.25) is 0 Å². The summed E-state index contributed by atoms with van der Waals surface area (Å²) in [4.78, 5) is 2.38. The van der Waals surface area contributed by atoms with Crippen LogP contribution < -0.4 is 26.0 Å². The fourth-order valence-electron chi connectivity index (χ4n) is 7.32. The molecular weight excluding hydrogens is 509 g/mol. The first-order valence-electron chi connectivity index (χ1n) is 14.5. The molecule has 0 N–H and O–H groups in total. The third kappa shape index (κ3) is 3.22. The van der Waals surface area contributed by atoms with Crippen molar-refractivity contribution in [3.05, 3.63) is 140 Å². The lowest BCUT2D eigenvalue weighted by Crippen LogP contribution is -2.59. The predicted octanol–water partition coefficient (Wildman–Crippen LogP) is 8.03. The third-order valence-corrected chi connectivity index (χ3v) is 9.07. The summed E-state index contributed by atoms with van der Waals surface area (Å²) < 4.78 is 6.96. The van der Waals surface area contributed by atoms with Gasteiger partial charge in [0, 0.05) is 29.5 Å². The van der Waals surface area contributed by atoms with Gasteiger partial charge in [0.1, 0.15) is 11.5 Å². The van der Waals surface area contributed by atoms with Crippen molar-refractivity contribution >= 4 is 56.0 Å². The Labute approximate surface area is 245 Å². The minimum absolute atomic E-state index is 0.0327. The fraction of sp³-hybridized carbons (Fsp3) is 0.0256. The van der Waals surface area contributed by atoms with E-state index in [1.54, 1.807) is 0 Å². The quantitative estimate of drug-likeness (QED) is 0.208. The maximum Gasteiger partial charge on any atom is 0.256 e. The highest BCUT2D eigenvalue weighted by atomic mass is 16.5. The van der Waals surface area contributed by atoms with Crippen LogP contribution in [0.1, 0.15) is 0 Å². The Morgan fingerprint density at radius 1 is 0.548 bits per heavy atom. The summed E-state index contributed by atoms with van der Waals surface area (Å²) >= 11 is 0. The van der Waals surface area contributed by atoms with Crippen molar-refractivity contribution in [3.63, 3.8) is 0 Å². The van der Waals surface area contributed by atoms with E-state index < -0.39 is 0 Å². The molecule has 9 rings (SSSR count). The molecule has 2 aliphatic rings. The largest absolute Gasteiger partial charge is 0.458 e. The van der Waals surface area contributed by atoms with Crippen molar-refractivity contribution in [2.24, 2.45) is 0 Å². The van der Waals surface area contributed by atoms with Gasteiger partial charge in [0.2, 0.25) is 0 Å². The summed E-state index contributed by atoms with van der Waals surface area (Å²) in [6, 6.07) is 50.4. The van der Waals surface area contributed by atoms with Gasteiger partial charge in [0.05, 0.1) is 0 Å². The van der Waals surface area contributed by atoms with Gasteiger partial charge in [-0.2, -0.15) is 0 Å². The molecule has 0 radical (unpaired) electrons. The van der Waals surface area contributed by atoms with Crippen molar-refractivity contribution < 1.29 is 4.74 Å². The zero-order chi connectivity index (χ0) is 27.8. The Morgan fingerprint density at radius 2 is 1.12 bits per heavy atom. The van der Waals surface area contributed by atoms with Gasteiger partial charge in [0.15, 0.2) is 0 Å². The van der Waals surface area contributed by atoms with Gasteiger partial charge in [-0.1, -0.05) is 127 Å². The minimum Gasteiger partial charge on any atom is -0.458 e. The van der Waals surface area contributed by atoms with E-state index in [0.717, 1.165) is 17.1 Å². The Balaban J connectivity index is 1.44. The third-order valence-electron chi connectivity index (χ3n) is 9.07. The number of hydrogen-bond donors (Lipinski definition) is 0. The summed E-state index contributed by atoms with van der Waals surface area (Å²) in [6.45, 7) is 0.0327. The maximum absolute atomic E-state index is 6.96. The van der Waals surface area contributed by atoms with Crippen molar-refractivity contribution in [3.8, 4) is 33.8 Å². The van der Waals surface area contributed by atoms with Crippen LogP contribution in [0.5, 0.6) is 11.5 Å². The maximum atomic E-state index is 6.96. The second kappa shape index (κ2) is 8.86. The Hall–Kier alpha value is -5.28. The molecule has 42 heavy (non-hydrogen) atoms. The number of fused-ring (bicyclic) bond motifs is 6. The first-order chi connectivity index (χ1) is 20.8. The number of benzene rings is 7. The first-order valence-corrected chi connectivity index (χ1v) is 14.5. The molecule has 196 valence electrons. The number of ether oxygens (including phenoxy) is 1. The molecule has 7 aromatic carbocycles. The van der Waals surface area contributed by atoms with Crippen molar-refractivity contribution in [2.45, 2.75) is 0 Å². The van der Waals surface area contributed by atoms with Gasteiger partial charge >= 0.3 is 0 Å². The van der Waals surface area contributed by atoms with Crippen LogP contribution in [-0.2, 0) is 0 Å². The van der Waals surface area contributed by atoms with Crippen LogP contribution >= 0.6 is 0 Å². The summed E-state index contributed by atoms with van der Waals surface area (Å²) in [6.07, 6.45) is 0. The molecule has 0 unspecified atom stereocenters. The van der Waals surface area contributed by atoms with Crippen molar-refractivity contribution in [1.82, 2.24) is 0 Å². The highest BCUT2D eigenvalue weighted by molar-refractivity contribution is 6.99. The van der Waals surface area contributed by atoms with E-state index in [1.807, 2.05) is 0 Å². The molecule has 0 aromatic heterocycles. The molecule has 2 nitrogen and oxygen atoms in total. The average Bonchev–Trinajstić information content (AvgIpc) is 3.05. The Kier molecular flexibility index (Phi) is 4.94. The van der Waals surface area contributed by atoms with E-state index in [9.17, 15) is 0 Å². The van der Waals surface area contributed by atoms with Crippen LogP contribution in [0.15, 0.2) is 140 Å². The smallest absolute Gasteiger partial charge is 0.256 e. The van der Waals surface area contributed by atoms with Gasteiger partial charge < -0.3 is 9.64 Å². The zero-order valence-corrected chi connectivity index (χ0v) is 23.2. The van der Waals surface area contributed by atoms with Crippen LogP contribution in [0.4, 0.5) is 11.4 Å². The van der Waals surface area contributed by atoms with Gasteiger partial charge in [0.25, 0.3) is 6.71 Å². The molecule has 0 atom stereocenters. The summed E-state index contributed by atoms with van der Waals surface area (Å²) in [7, 11) is 2.21. The van der Waals surface area contributed by atoms with Crippen molar-refractivity contribution in [2.75, 3.05) is 11.9 Å². The predicted molar refractivity (Wildman–Crippen MR) is 178 cm³/mol. The van der Waals surface area contributed by atoms with Crippen molar-refractivity contribution in [1.29, 1.82) is 0 Å². The van der Waals surface area contributed by atoms with E-state index in [4.69, 9.17) is 4.74 Å². The standard InChI is InChI=1S/C39H26BNO/c1-41-33-21-12-22-34-37(33)40(31-23-27-17-8-10-19-29(27)35(38(31)41)25-13-4-2-5-14-25)32-24-28-18-9-11-20-30(28)36(39(32)42-34)26-15-6-3-7-16-26/h2-24H,1H3. The first kappa shape index (κ1) is 23.4. The van der Waals surface area contributed by atoms with Gasteiger partial charge in [-0.15, -0.1) is 0 Å². The molecule has 7 aromatic rings. The van der Waals surface area contributed by atoms with E-state index >= 15 is 0 Å². The summed E-state index contributed by atoms with van der Waals surface area (Å²) in [5, 5.41) is 4.95. The molecule has 0 fully saturated rings. The van der Waals surface area contributed by atoms with Crippen LogP contribution in [0, 0.1) is 0 Å². The molecule has 2 heterocycles. The number of nitrogens with zero attached hydrogens (tertiary/aromatic N) is 1. The summed E-state index contributed by atoms with van der Waals surface area (Å²) in [5.41, 5.74) is 11.1. The zero-order valence-electron chi connectivity index (χ0n) is 23.2. The van der Waals surface area contributed by atoms with E-state index in [0.29, 0.717) is 0 Å². The normalized spacial score (nSPS) is 13.0. The topological polar surface area (TPSA) is 12.5 Å². The minimum atomic E-state index is 0.0327. The van der Waals surface area contributed by atoms with E-state index in [2.05, 4.69) is 151 Å². The second-order valence-electron chi connectivity index (χ2n) is 11.3. The monoisotopic (exact) mass is 535 g/mol. The molecule has 2 aliphatic heterocycles. The Bertz CT molecular complexity index is 2190. The van der Waals surface area contributed by atoms with Crippen LogP contribution in [0.3, 0.4) is 0 Å². The van der Waals surface area contributed by atoms with E-state index in [1.165, 1.54) is 66.0 Å². The van der Waals surface area contributed by atoms with Gasteiger partial charge in [-0.05, 0) is 61.2 Å². The molecule has 0 bridgehead atoms. The van der Waals surface area contributed by atoms with Crippen LogP contribution in [0.25, 0.3) is 43.8 Å². The fourth-order valence-corrected chi connectivity index (χ4v) is 7.32. The molecule has 0 saturated heterocycles. The second-order valence-corrected chi connectivity index (χ2v) is 11.3. The SMILES string of the molecule is CN1c2cccc3c2B(c2cc4ccccc4c(-c4ccccc4)c2O3)c2cc3ccccc3c(-c3ccccc3)c21. The van der Waals surface area contributed by atoms with E-state index in [-0.39, 0.29) is 6.71 Å². The Morgan fingerprint density at radius 3 is 1.81 bits per heavy atom. The number of hydrogen-bond acceptors (Lipinski definition) is 2. The average molecular weight is 535 g/mol.